The summed E-state index contributed by atoms with van der Waals surface area (Å²) in [5, 5.41) is 4.40. The Labute approximate surface area is 182 Å². The van der Waals surface area contributed by atoms with Crippen molar-refractivity contribution < 1.29 is 8.42 Å². The molecule has 1 aromatic heterocycles. The van der Waals surface area contributed by atoms with Crippen molar-refractivity contribution in [3.05, 3.63) is 77.1 Å². The first-order valence-electron chi connectivity index (χ1n) is 10.3. The summed E-state index contributed by atoms with van der Waals surface area (Å²) in [6, 6.07) is 17.2. The molecule has 0 atom stereocenters. The highest BCUT2D eigenvalue weighted by molar-refractivity contribution is 7.89. The highest BCUT2D eigenvalue weighted by Gasteiger charge is 2.43. The van der Waals surface area contributed by atoms with Crippen LogP contribution in [-0.2, 0) is 22.0 Å². The van der Waals surface area contributed by atoms with E-state index in [0.29, 0.717) is 35.8 Å². The van der Waals surface area contributed by atoms with Crippen molar-refractivity contribution in [2.24, 2.45) is 0 Å². The zero-order chi connectivity index (χ0) is 20.9. The van der Waals surface area contributed by atoms with Crippen LogP contribution in [0, 0.1) is 0 Å². The molecule has 0 bridgehead atoms. The molecular weight excluding hydrogens is 418 g/mol. The number of aryl methyl sites for hydroxylation is 1. The molecule has 30 heavy (non-hydrogen) atoms. The molecule has 0 amide bonds. The second-order valence-electron chi connectivity index (χ2n) is 8.03. The molecule has 0 saturated carbocycles. The van der Waals surface area contributed by atoms with E-state index in [-0.39, 0.29) is 5.54 Å². The van der Waals surface area contributed by atoms with Gasteiger partial charge >= 0.3 is 0 Å². The lowest BCUT2D eigenvalue weighted by Crippen LogP contribution is -2.50. The quantitative estimate of drug-likeness (QED) is 0.635. The number of benzene rings is 2. The first-order chi connectivity index (χ1) is 14.4. The van der Waals surface area contributed by atoms with Crippen LogP contribution in [0.1, 0.15) is 31.0 Å². The summed E-state index contributed by atoms with van der Waals surface area (Å²) < 4.78 is 30.1. The van der Waals surface area contributed by atoms with Crippen molar-refractivity contribution in [1.82, 2.24) is 8.87 Å². The van der Waals surface area contributed by atoms with Gasteiger partial charge in [0.05, 0.1) is 21.8 Å². The minimum Gasteiger partial charge on any atom is -0.372 e. The Morgan fingerprint density at radius 2 is 1.80 bits per heavy atom. The Morgan fingerprint density at radius 1 is 1.07 bits per heavy atom. The zero-order valence-corrected chi connectivity index (χ0v) is 18.4. The highest BCUT2D eigenvalue weighted by Crippen LogP contribution is 2.44. The van der Waals surface area contributed by atoms with E-state index in [0.717, 1.165) is 29.1 Å². The third kappa shape index (κ3) is 3.06. The molecule has 5 nitrogen and oxygen atoms in total. The van der Waals surface area contributed by atoms with Gasteiger partial charge in [-0.05, 0) is 67.3 Å². The van der Waals surface area contributed by atoms with Gasteiger partial charge in [0.2, 0.25) is 10.0 Å². The van der Waals surface area contributed by atoms with Gasteiger partial charge in [-0.2, -0.15) is 4.31 Å². The second kappa shape index (κ2) is 7.15. The first-order valence-corrected chi connectivity index (χ1v) is 12.1. The topological polar surface area (TPSA) is 54.3 Å². The van der Waals surface area contributed by atoms with E-state index in [4.69, 9.17) is 11.6 Å². The summed E-state index contributed by atoms with van der Waals surface area (Å²) in [4.78, 5) is 0.371. The molecule has 2 aliphatic rings. The number of halogens is 1. The van der Waals surface area contributed by atoms with Gasteiger partial charge in [-0.3, -0.25) is 0 Å². The molecule has 1 N–H and O–H groups in total. The van der Waals surface area contributed by atoms with Gasteiger partial charge < -0.3 is 9.88 Å². The fraction of sp³-hybridized carbons (Fsp3) is 0.304. The lowest BCUT2D eigenvalue weighted by molar-refractivity contribution is 0.247. The minimum atomic E-state index is -3.49. The third-order valence-corrected chi connectivity index (χ3v) is 8.53. The second-order valence-corrected chi connectivity index (χ2v) is 10.4. The van der Waals surface area contributed by atoms with Crippen molar-refractivity contribution in [3.63, 3.8) is 0 Å². The lowest BCUT2D eigenvalue weighted by Gasteiger charge is -2.45. The van der Waals surface area contributed by atoms with Gasteiger partial charge in [0.15, 0.2) is 0 Å². The first kappa shape index (κ1) is 19.7. The Morgan fingerprint density at radius 3 is 2.50 bits per heavy atom. The lowest BCUT2D eigenvalue weighted by atomic mass is 9.83. The van der Waals surface area contributed by atoms with E-state index in [1.54, 1.807) is 16.4 Å². The fourth-order valence-electron chi connectivity index (χ4n) is 4.65. The number of fused-ring (bicyclic) bond motifs is 4. The monoisotopic (exact) mass is 441 g/mol. The average molecular weight is 442 g/mol. The number of rotatable bonds is 3. The van der Waals surface area contributed by atoms with Crippen molar-refractivity contribution in [2.45, 2.75) is 36.6 Å². The summed E-state index contributed by atoms with van der Waals surface area (Å²) >= 11 is 6.22. The smallest absolute Gasteiger partial charge is 0.243 e. The van der Waals surface area contributed by atoms with E-state index in [1.807, 2.05) is 42.6 Å². The Bertz CT molecular complexity index is 1190. The summed E-state index contributed by atoms with van der Waals surface area (Å²) in [5.41, 5.74) is 4.05. The van der Waals surface area contributed by atoms with Crippen molar-refractivity contribution in [3.8, 4) is 5.69 Å². The summed E-state index contributed by atoms with van der Waals surface area (Å²) in [5.74, 6) is 0. The van der Waals surface area contributed by atoms with Crippen molar-refractivity contribution >= 4 is 27.3 Å². The van der Waals surface area contributed by atoms with E-state index in [1.165, 1.54) is 0 Å². The SMILES string of the molecule is CCc1ccc(S(=O)(=O)N2CCC3(CC2)Nc2ccc(Cl)cc2-n2cccc23)cc1. The standard InChI is InChI=1S/C23H24ClN3O2S/c1-2-17-5-8-19(9-6-17)30(28,29)26-14-11-23(12-15-26)22-4-3-13-27(22)21-16-18(24)7-10-20(21)25-23/h3-10,13,16,25H,2,11-12,14-15H2,1H3. The van der Waals surface area contributed by atoms with Crippen molar-refractivity contribution in [1.29, 1.82) is 0 Å². The number of nitrogens with zero attached hydrogens (tertiary/aromatic N) is 2. The number of piperidine rings is 1. The van der Waals surface area contributed by atoms with Gasteiger partial charge in [0, 0.05) is 30.0 Å². The Kier molecular flexibility index (Phi) is 4.69. The zero-order valence-electron chi connectivity index (χ0n) is 16.8. The molecule has 1 fully saturated rings. The molecule has 0 unspecified atom stereocenters. The molecule has 3 heterocycles. The van der Waals surface area contributed by atoms with Gasteiger partial charge in [-0.15, -0.1) is 0 Å². The van der Waals surface area contributed by atoms with Crippen LogP contribution in [0.25, 0.3) is 5.69 Å². The summed E-state index contributed by atoms with van der Waals surface area (Å²) in [6.45, 7) is 3.00. The van der Waals surface area contributed by atoms with Crippen LogP contribution in [0.2, 0.25) is 5.02 Å². The number of aromatic nitrogens is 1. The van der Waals surface area contributed by atoms with Crippen LogP contribution in [0.15, 0.2) is 65.7 Å². The van der Waals surface area contributed by atoms with Gasteiger partial charge in [0.1, 0.15) is 0 Å². The normalized spacial score (nSPS) is 17.9. The maximum atomic E-state index is 13.2. The predicted molar refractivity (Wildman–Crippen MR) is 120 cm³/mol. The van der Waals surface area contributed by atoms with E-state index in [9.17, 15) is 8.42 Å². The molecule has 0 aliphatic carbocycles. The highest BCUT2D eigenvalue weighted by atomic mass is 35.5. The summed E-state index contributed by atoms with van der Waals surface area (Å²) in [7, 11) is -3.49. The molecule has 3 aromatic rings. The predicted octanol–water partition coefficient (Wildman–Crippen LogP) is 4.80. The maximum absolute atomic E-state index is 13.2. The van der Waals surface area contributed by atoms with Crippen LogP contribution in [0.5, 0.6) is 0 Å². The average Bonchev–Trinajstić information content (AvgIpc) is 3.26. The Hall–Kier alpha value is -2.28. The maximum Gasteiger partial charge on any atom is 0.243 e. The molecule has 7 heteroatoms. The van der Waals surface area contributed by atoms with Crippen LogP contribution in [0.3, 0.4) is 0 Å². The summed E-state index contributed by atoms with van der Waals surface area (Å²) in [6.07, 6.45) is 4.34. The molecular formula is C23H24ClN3O2S. The van der Waals surface area contributed by atoms with Gasteiger partial charge in [-0.25, -0.2) is 8.42 Å². The fourth-order valence-corrected chi connectivity index (χ4v) is 6.26. The van der Waals surface area contributed by atoms with Crippen LogP contribution >= 0.6 is 11.6 Å². The molecule has 1 spiro atoms. The van der Waals surface area contributed by atoms with Gasteiger partial charge in [-0.1, -0.05) is 30.7 Å². The number of hydrogen-bond donors (Lipinski definition) is 1. The number of nitrogens with one attached hydrogen (secondary N) is 1. The molecule has 5 rings (SSSR count). The molecule has 2 aliphatic heterocycles. The van der Waals surface area contributed by atoms with Crippen LogP contribution in [-0.4, -0.2) is 30.4 Å². The van der Waals surface area contributed by atoms with Crippen molar-refractivity contribution in [2.75, 3.05) is 18.4 Å². The van der Waals surface area contributed by atoms with E-state index in [2.05, 4.69) is 22.9 Å². The largest absolute Gasteiger partial charge is 0.372 e. The molecule has 156 valence electrons. The molecule has 0 radical (unpaired) electrons. The molecule has 2 aromatic carbocycles. The van der Waals surface area contributed by atoms with Crippen LogP contribution in [0.4, 0.5) is 5.69 Å². The minimum absolute atomic E-state index is 0.289. The number of anilines is 1. The van der Waals surface area contributed by atoms with Crippen LogP contribution < -0.4 is 5.32 Å². The number of hydrogen-bond acceptors (Lipinski definition) is 3. The molecule has 1 saturated heterocycles. The van der Waals surface area contributed by atoms with E-state index >= 15 is 0 Å². The third-order valence-electron chi connectivity index (χ3n) is 6.38. The van der Waals surface area contributed by atoms with E-state index < -0.39 is 10.0 Å². The number of sulfonamides is 1. The Balaban J connectivity index is 1.42. The van der Waals surface area contributed by atoms with Gasteiger partial charge in [0.25, 0.3) is 0 Å².